The number of nitrogens with zero attached hydrogens (tertiary/aromatic N) is 2. The highest BCUT2D eigenvalue weighted by Gasteiger charge is 2.30. The lowest BCUT2D eigenvalue weighted by molar-refractivity contribution is -0.137. The van der Waals surface area contributed by atoms with Crippen molar-refractivity contribution in [1.29, 1.82) is 10.5 Å². The van der Waals surface area contributed by atoms with Gasteiger partial charge >= 0.3 is 6.18 Å². The SMILES string of the molecule is N#CCc1cc(C(F)(F)F)ccc1C#N. The molecular weight excluding hydrogens is 205 g/mol. The van der Waals surface area contributed by atoms with Crippen LogP contribution in [0.3, 0.4) is 0 Å². The van der Waals surface area contributed by atoms with Gasteiger partial charge in [-0.3, -0.25) is 0 Å². The highest BCUT2D eigenvalue weighted by Crippen LogP contribution is 2.30. The van der Waals surface area contributed by atoms with Gasteiger partial charge in [-0.25, -0.2) is 0 Å². The molecule has 0 atom stereocenters. The third-order valence-electron chi connectivity index (χ3n) is 1.82. The van der Waals surface area contributed by atoms with Gasteiger partial charge in [-0.2, -0.15) is 23.7 Å². The van der Waals surface area contributed by atoms with Crippen LogP contribution < -0.4 is 0 Å². The van der Waals surface area contributed by atoms with Crippen LogP contribution in [0, 0.1) is 22.7 Å². The molecule has 0 fully saturated rings. The van der Waals surface area contributed by atoms with Gasteiger partial charge in [-0.05, 0) is 23.8 Å². The second kappa shape index (κ2) is 4.02. The number of rotatable bonds is 1. The number of hydrogen-bond donors (Lipinski definition) is 0. The van der Waals surface area contributed by atoms with Gasteiger partial charge in [-0.15, -0.1) is 0 Å². The number of halogens is 3. The van der Waals surface area contributed by atoms with E-state index in [4.69, 9.17) is 10.5 Å². The van der Waals surface area contributed by atoms with Crippen molar-refractivity contribution in [1.82, 2.24) is 0 Å². The predicted octanol–water partition coefficient (Wildman–Crippen LogP) is 2.64. The molecule has 1 aromatic rings. The highest BCUT2D eigenvalue weighted by atomic mass is 19.4. The Bertz CT molecular complexity index is 449. The zero-order valence-electron chi connectivity index (χ0n) is 7.47. The maximum Gasteiger partial charge on any atom is 0.416 e. The number of hydrogen-bond acceptors (Lipinski definition) is 2. The molecule has 1 aromatic carbocycles. The van der Waals surface area contributed by atoms with Crippen molar-refractivity contribution in [2.75, 3.05) is 0 Å². The number of alkyl halides is 3. The van der Waals surface area contributed by atoms with E-state index in [0.29, 0.717) is 0 Å². The maximum atomic E-state index is 12.3. The van der Waals surface area contributed by atoms with Gasteiger partial charge < -0.3 is 0 Å². The fourth-order valence-corrected chi connectivity index (χ4v) is 1.11. The summed E-state index contributed by atoms with van der Waals surface area (Å²) in [5, 5.41) is 17.0. The van der Waals surface area contributed by atoms with E-state index < -0.39 is 11.7 Å². The molecule has 15 heavy (non-hydrogen) atoms. The zero-order chi connectivity index (χ0) is 11.5. The van der Waals surface area contributed by atoms with Crippen molar-refractivity contribution in [2.45, 2.75) is 12.6 Å². The molecule has 0 aliphatic heterocycles. The minimum Gasteiger partial charge on any atom is -0.198 e. The van der Waals surface area contributed by atoms with E-state index in [1.165, 1.54) is 0 Å². The Balaban J connectivity index is 3.25. The highest BCUT2D eigenvalue weighted by molar-refractivity contribution is 5.42. The zero-order valence-corrected chi connectivity index (χ0v) is 7.47. The molecule has 0 unspecified atom stereocenters. The van der Waals surface area contributed by atoms with Crippen molar-refractivity contribution in [2.24, 2.45) is 0 Å². The molecule has 0 spiro atoms. The molecule has 0 saturated carbocycles. The molecule has 0 aromatic heterocycles. The molecule has 0 radical (unpaired) electrons. The van der Waals surface area contributed by atoms with Crippen LogP contribution in [0.5, 0.6) is 0 Å². The molecule has 1 rings (SSSR count). The first-order chi connectivity index (χ1) is 6.99. The molecule has 0 aliphatic carbocycles. The van der Waals surface area contributed by atoms with Crippen molar-refractivity contribution in [3.63, 3.8) is 0 Å². The molecule has 0 heterocycles. The van der Waals surface area contributed by atoms with E-state index in [0.717, 1.165) is 18.2 Å². The smallest absolute Gasteiger partial charge is 0.198 e. The molecule has 0 aliphatic rings. The summed E-state index contributed by atoms with van der Waals surface area (Å²) < 4.78 is 36.8. The van der Waals surface area contributed by atoms with Crippen molar-refractivity contribution >= 4 is 0 Å². The van der Waals surface area contributed by atoms with Gasteiger partial charge in [0.05, 0.1) is 29.7 Å². The molecule has 0 bridgehead atoms. The Labute approximate surface area is 84.2 Å². The van der Waals surface area contributed by atoms with Crippen LogP contribution in [0.2, 0.25) is 0 Å². The summed E-state index contributed by atoms with van der Waals surface area (Å²) in [7, 11) is 0. The lowest BCUT2D eigenvalue weighted by Gasteiger charge is -2.08. The minimum absolute atomic E-state index is 0.101. The topological polar surface area (TPSA) is 47.6 Å². The van der Waals surface area contributed by atoms with Crippen LogP contribution in [0.1, 0.15) is 16.7 Å². The summed E-state index contributed by atoms with van der Waals surface area (Å²) in [5.74, 6) is 0. The molecule has 5 heteroatoms. The van der Waals surface area contributed by atoms with Crippen molar-refractivity contribution in [3.8, 4) is 12.1 Å². The van der Waals surface area contributed by atoms with Crippen molar-refractivity contribution in [3.05, 3.63) is 34.9 Å². The number of nitriles is 2. The van der Waals surface area contributed by atoms with E-state index in [2.05, 4.69) is 0 Å². The molecule has 0 N–H and O–H groups in total. The second-order valence-electron chi connectivity index (χ2n) is 2.82. The average Bonchev–Trinajstić information content (AvgIpc) is 2.17. The fourth-order valence-electron chi connectivity index (χ4n) is 1.11. The summed E-state index contributed by atoms with van der Waals surface area (Å²) in [5.41, 5.74) is -0.633. The number of benzene rings is 1. The lowest BCUT2D eigenvalue weighted by atomic mass is 10.0. The van der Waals surface area contributed by atoms with Gasteiger partial charge in [0.25, 0.3) is 0 Å². The maximum absolute atomic E-state index is 12.3. The van der Waals surface area contributed by atoms with E-state index in [1.54, 1.807) is 12.1 Å². The first-order valence-electron chi connectivity index (χ1n) is 3.96. The Morgan fingerprint density at radius 2 is 1.87 bits per heavy atom. The quantitative estimate of drug-likeness (QED) is 0.715. The van der Waals surface area contributed by atoms with E-state index >= 15 is 0 Å². The van der Waals surface area contributed by atoms with Crippen LogP contribution in [-0.2, 0) is 12.6 Å². The largest absolute Gasteiger partial charge is 0.416 e. The molecular formula is C10H5F3N2. The molecule has 76 valence electrons. The van der Waals surface area contributed by atoms with E-state index in [-0.39, 0.29) is 17.5 Å². The standard InChI is InChI=1S/C10H5F3N2/c11-10(12,13)9-2-1-8(6-15)7(5-9)3-4-14/h1-2,5H,3H2. The van der Waals surface area contributed by atoms with Crippen LogP contribution >= 0.6 is 0 Å². The summed E-state index contributed by atoms with van der Waals surface area (Å²) in [4.78, 5) is 0. The normalized spacial score (nSPS) is 10.5. The Morgan fingerprint density at radius 1 is 1.20 bits per heavy atom. The monoisotopic (exact) mass is 210 g/mol. The minimum atomic E-state index is -4.45. The second-order valence-corrected chi connectivity index (χ2v) is 2.82. The van der Waals surface area contributed by atoms with E-state index in [9.17, 15) is 13.2 Å². The van der Waals surface area contributed by atoms with Gasteiger partial charge in [-0.1, -0.05) is 0 Å². The van der Waals surface area contributed by atoms with Gasteiger partial charge in [0.1, 0.15) is 0 Å². The van der Waals surface area contributed by atoms with Crippen LogP contribution in [0.25, 0.3) is 0 Å². The Kier molecular flexibility index (Phi) is 2.96. The summed E-state index contributed by atoms with van der Waals surface area (Å²) >= 11 is 0. The third kappa shape index (κ3) is 2.47. The van der Waals surface area contributed by atoms with Crippen LogP contribution in [0.15, 0.2) is 18.2 Å². The third-order valence-corrected chi connectivity index (χ3v) is 1.82. The average molecular weight is 210 g/mol. The summed E-state index contributed by atoms with van der Waals surface area (Å²) in [6.07, 6.45) is -4.65. The Hall–Kier alpha value is -2.01. The van der Waals surface area contributed by atoms with Crippen LogP contribution in [0.4, 0.5) is 13.2 Å². The fraction of sp³-hybridized carbons (Fsp3) is 0.200. The van der Waals surface area contributed by atoms with Crippen LogP contribution in [-0.4, -0.2) is 0 Å². The molecule has 0 saturated heterocycles. The van der Waals surface area contributed by atoms with Gasteiger partial charge in [0.2, 0.25) is 0 Å². The Morgan fingerprint density at radius 3 is 2.33 bits per heavy atom. The van der Waals surface area contributed by atoms with Gasteiger partial charge in [0.15, 0.2) is 0 Å². The lowest BCUT2D eigenvalue weighted by Crippen LogP contribution is -2.06. The summed E-state index contributed by atoms with van der Waals surface area (Å²) in [6, 6.07) is 6.21. The van der Waals surface area contributed by atoms with E-state index in [1.807, 2.05) is 0 Å². The summed E-state index contributed by atoms with van der Waals surface area (Å²) in [6.45, 7) is 0. The molecule has 0 amide bonds. The van der Waals surface area contributed by atoms with Crippen molar-refractivity contribution < 1.29 is 13.2 Å². The predicted molar refractivity (Wildman–Crippen MR) is 45.5 cm³/mol. The van der Waals surface area contributed by atoms with Gasteiger partial charge in [0, 0.05) is 0 Å². The molecule has 2 nitrogen and oxygen atoms in total. The first-order valence-corrected chi connectivity index (χ1v) is 3.96. The first kappa shape index (κ1) is 11.1.